The molecule has 2 fully saturated rings. The molecule has 0 aromatic heterocycles. The molecule has 2 amide bonds. The average molecular weight is 366 g/mol. The third-order valence-corrected chi connectivity index (χ3v) is 5.55. The van der Waals surface area contributed by atoms with Crippen molar-refractivity contribution < 1.29 is 9.59 Å². The molecule has 1 aromatic carbocycles. The molecule has 1 saturated carbocycles. The van der Waals surface area contributed by atoms with Gasteiger partial charge in [0.05, 0.1) is 6.54 Å². The quantitative estimate of drug-likeness (QED) is 0.863. The van der Waals surface area contributed by atoms with Crippen molar-refractivity contribution in [1.82, 2.24) is 9.80 Å². The van der Waals surface area contributed by atoms with Gasteiger partial charge in [0.15, 0.2) is 0 Å². The summed E-state index contributed by atoms with van der Waals surface area (Å²) in [6.45, 7) is 3.85. The second-order valence-electron chi connectivity index (χ2n) is 7.14. The van der Waals surface area contributed by atoms with Crippen LogP contribution in [0.15, 0.2) is 30.3 Å². The van der Waals surface area contributed by atoms with Gasteiger partial charge in [-0.25, -0.2) is 0 Å². The van der Waals surface area contributed by atoms with E-state index in [4.69, 9.17) is 5.73 Å². The number of carbonyl (C=O) groups is 2. The second-order valence-corrected chi connectivity index (χ2v) is 7.14. The molecule has 3 rings (SSSR count). The van der Waals surface area contributed by atoms with E-state index in [1.807, 2.05) is 35.2 Å². The first-order valence-electron chi connectivity index (χ1n) is 8.87. The van der Waals surface area contributed by atoms with Crippen molar-refractivity contribution in [2.75, 3.05) is 26.2 Å². The fourth-order valence-electron chi connectivity index (χ4n) is 4.03. The van der Waals surface area contributed by atoms with Crippen LogP contribution in [-0.4, -0.2) is 53.8 Å². The van der Waals surface area contributed by atoms with Crippen molar-refractivity contribution in [3.63, 3.8) is 0 Å². The highest BCUT2D eigenvalue weighted by atomic mass is 35.5. The molecule has 5 nitrogen and oxygen atoms in total. The lowest BCUT2D eigenvalue weighted by Gasteiger charge is -2.25. The Morgan fingerprint density at radius 3 is 2.56 bits per heavy atom. The number of fused-ring (bicyclic) bond motifs is 1. The first-order valence-corrected chi connectivity index (χ1v) is 8.87. The topological polar surface area (TPSA) is 66.6 Å². The number of hydrogen-bond acceptors (Lipinski definition) is 3. The summed E-state index contributed by atoms with van der Waals surface area (Å²) in [6.07, 6.45) is 2.97. The van der Waals surface area contributed by atoms with Gasteiger partial charge in [0.25, 0.3) is 0 Å². The summed E-state index contributed by atoms with van der Waals surface area (Å²) < 4.78 is 0. The molecule has 1 aliphatic heterocycles. The van der Waals surface area contributed by atoms with E-state index in [0.717, 1.165) is 32.4 Å². The van der Waals surface area contributed by atoms with E-state index >= 15 is 0 Å². The predicted molar refractivity (Wildman–Crippen MR) is 100 cm³/mol. The van der Waals surface area contributed by atoms with E-state index in [2.05, 4.69) is 0 Å². The summed E-state index contributed by atoms with van der Waals surface area (Å²) in [5.41, 5.74) is 7.32. The molecule has 6 heteroatoms. The number of carbonyl (C=O) groups excluding carboxylic acids is 2. The van der Waals surface area contributed by atoms with Crippen LogP contribution < -0.4 is 5.73 Å². The van der Waals surface area contributed by atoms with E-state index in [-0.39, 0.29) is 36.8 Å². The molecule has 2 aliphatic rings. The summed E-state index contributed by atoms with van der Waals surface area (Å²) in [5, 5.41) is 0. The minimum atomic E-state index is -0.0460. The van der Waals surface area contributed by atoms with Crippen LogP contribution >= 0.6 is 12.4 Å². The van der Waals surface area contributed by atoms with Crippen molar-refractivity contribution >= 4 is 24.2 Å². The van der Waals surface area contributed by atoms with Crippen LogP contribution in [0.1, 0.15) is 25.3 Å². The van der Waals surface area contributed by atoms with Crippen molar-refractivity contribution in [3.8, 4) is 0 Å². The van der Waals surface area contributed by atoms with E-state index in [9.17, 15) is 9.59 Å². The Morgan fingerprint density at radius 2 is 1.92 bits per heavy atom. The number of benzene rings is 1. The van der Waals surface area contributed by atoms with Crippen LogP contribution in [0.4, 0.5) is 0 Å². The number of halogens is 1. The molecule has 0 radical (unpaired) electrons. The Hall–Kier alpha value is -1.59. The average Bonchev–Trinajstić information content (AvgIpc) is 3.14. The number of rotatable bonds is 5. The maximum Gasteiger partial charge on any atom is 0.242 e. The van der Waals surface area contributed by atoms with E-state index in [1.165, 1.54) is 12.5 Å². The summed E-state index contributed by atoms with van der Waals surface area (Å²) in [4.78, 5) is 28.1. The van der Waals surface area contributed by atoms with Crippen LogP contribution in [0.25, 0.3) is 0 Å². The van der Waals surface area contributed by atoms with Gasteiger partial charge in [-0.05, 0) is 36.7 Å². The van der Waals surface area contributed by atoms with Gasteiger partial charge in [0, 0.05) is 32.6 Å². The van der Waals surface area contributed by atoms with Crippen LogP contribution in [0.5, 0.6) is 0 Å². The Kier molecular flexibility index (Phi) is 6.85. The first kappa shape index (κ1) is 19.7. The number of nitrogens with two attached hydrogens (primary N) is 1. The minimum absolute atomic E-state index is 0. The summed E-state index contributed by atoms with van der Waals surface area (Å²) in [5.74, 6) is 1.01. The Balaban J connectivity index is 0.00000225. The SMILES string of the molecule is CC(=O)N(CCc1ccccc1)CC(=O)N1CC2CCC(N)C2C1.Cl. The Morgan fingerprint density at radius 1 is 1.20 bits per heavy atom. The zero-order chi connectivity index (χ0) is 17.1. The van der Waals surface area contributed by atoms with E-state index < -0.39 is 0 Å². The molecule has 25 heavy (non-hydrogen) atoms. The molecule has 3 atom stereocenters. The number of amides is 2. The van der Waals surface area contributed by atoms with Crippen molar-refractivity contribution in [2.24, 2.45) is 17.6 Å². The highest BCUT2D eigenvalue weighted by molar-refractivity contribution is 5.85. The number of nitrogens with zero attached hydrogens (tertiary/aromatic N) is 2. The van der Waals surface area contributed by atoms with Crippen LogP contribution in [0, 0.1) is 11.8 Å². The lowest BCUT2D eigenvalue weighted by Crippen LogP contribution is -2.43. The zero-order valence-corrected chi connectivity index (χ0v) is 15.6. The van der Waals surface area contributed by atoms with E-state index in [1.54, 1.807) is 4.90 Å². The molecule has 0 spiro atoms. The van der Waals surface area contributed by atoms with Crippen LogP contribution in [-0.2, 0) is 16.0 Å². The standard InChI is InChI=1S/C19H27N3O2.ClH/c1-14(23)21(10-9-15-5-3-2-4-6-15)13-19(24)22-11-16-7-8-18(20)17(16)12-22;/h2-6,16-18H,7-13,20H2,1H3;1H. The van der Waals surface area contributed by atoms with Gasteiger partial charge in [-0.2, -0.15) is 0 Å². The lowest BCUT2D eigenvalue weighted by atomic mass is 9.98. The smallest absolute Gasteiger partial charge is 0.242 e. The molecular formula is C19H28ClN3O2. The summed E-state index contributed by atoms with van der Waals surface area (Å²) in [6, 6.07) is 10.3. The first-order chi connectivity index (χ1) is 11.5. The monoisotopic (exact) mass is 365 g/mol. The van der Waals surface area contributed by atoms with E-state index in [0.29, 0.717) is 18.4 Å². The van der Waals surface area contributed by atoms with Gasteiger partial charge in [-0.1, -0.05) is 30.3 Å². The highest BCUT2D eigenvalue weighted by Crippen LogP contribution is 2.37. The third-order valence-electron chi connectivity index (χ3n) is 5.55. The maximum absolute atomic E-state index is 12.6. The van der Waals surface area contributed by atoms with Gasteiger partial charge < -0.3 is 15.5 Å². The van der Waals surface area contributed by atoms with Crippen molar-refractivity contribution in [1.29, 1.82) is 0 Å². The summed E-state index contributed by atoms with van der Waals surface area (Å²) in [7, 11) is 0. The minimum Gasteiger partial charge on any atom is -0.341 e. The molecule has 3 unspecified atom stereocenters. The maximum atomic E-state index is 12.6. The van der Waals surface area contributed by atoms with Crippen LogP contribution in [0.3, 0.4) is 0 Å². The van der Waals surface area contributed by atoms with Crippen molar-refractivity contribution in [2.45, 2.75) is 32.2 Å². The second kappa shape index (κ2) is 8.68. The fourth-order valence-corrected chi connectivity index (χ4v) is 4.03. The van der Waals surface area contributed by atoms with Gasteiger partial charge in [-0.15, -0.1) is 12.4 Å². The molecule has 0 bridgehead atoms. The zero-order valence-electron chi connectivity index (χ0n) is 14.8. The van der Waals surface area contributed by atoms with Gasteiger partial charge in [-0.3, -0.25) is 9.59 Å². The van der Waals surface area contributed by atoms with Crippen molar-refractivity contribution in [3.05, 3.63) is 35.9 Å². The normalized spacial score (nSPS) is 24.6. The van der Waals surface area contributed by atoms with Gasteiger partial charge >= 0.3 is 0 Å². The molecule has 2 N–H and O–H groups in total. The predicted octanol–water partition coefficient (Wildman–Crippen LogP) is 1.70. The highest BCUT2D eigenvalue weighted by Gasteiger charge is 2.42. The molecular weight excluding hydrogens is 338 g/mol. The third kappa shape index (κ3) is 4.73. The molecule has 1 aromatic rings. The summed E-state index contributed by atoms with van der Waals surface area (Å²) >= 11 is 0. The van der Waals surface area contributed by atoms with Gasteiger partial charge in [0.1, 0.15) is 0 Å². The molecule has 138 valence electrons. The Labute approximate surface area is 155 Å². The molecule has 1 heterocycles. The fraction of sp³-hybridized carbons (Fsp3) is 0.579. The molecule has 1 saturated heterocycles. The largest absolute Gasteiger partial charge is 0.341 e. The number of likely N-dealkylation sites (tertiary alicyclic amines) is 1. The molecule has 1 aliphatic carbocycles. The lowest BCUT2D eigenvalue weighted by molar-refractivity contribution is -0.139. The Bertz CT molecular complexity index is 596. The van der Waals surface area contributed by atoms with Gasteiger partial charge in [0.2, 0.25) is 11.8 Å². The van der Waals surface area contributed by atoms with Crippen LogP contribution in [0.2, 0.25) is 0 Å². The number of hydrogen-bond donors (Lipinski definition) is 1.